The van der Waals surface area contributed by atoms with Crippen LogP contribution >= 0.6 is 12.2 Å². The first-order valence-corrected chi connectivity index (χ1v) is 6.17. The average Bonchev–Trinajstić information content (AvgIpc) is 2.40. The molecule has 92 valence electrons. The zero-order valence-electron chi connectivity index (χ0n) is 9.85. The number of pyridine rings is 1. The highest BCUT2D eigenvalue weighted by molar-refractivity contribution is 7.71. The Labute approximate surface area is 111 Å². The molecule has 1 aromatic carbocycles. The first-order valence-electron chi connectivity index (χ1n) is 5.76. The molecule has 0 aliphatic heterocycles. The Morgan fingerprint density at radius 2 is 1.94 bits per heavy atom. The largest absolute Gasteiger partial charge is 0.351 e. The normalized spacial score (nSPS) is 10.0. The van der Waals surface area contributed by atoms with Gasteiger partial charge in [0.1, 0.15) is 4.64 Å². The fraction of sp³-hybridized carbons (Fsp3) is 0.143. The number of carbonyl (C=O) groups excluding carboxylic acids is 1. The van der Waals surface area contributed by atoms with Crippen molar-refractivity contribution in [1.82, 2.24) is 4.98 Å². The second-order valence-corrected chi connectivity index (χ2v) is 4.42. The fourth-order valence-electron chi connectivity index (χ4n) is 1.61. The maximum Gasteiger partial charge on any atom is 0.224 e. The Balaban J connectivity index is 1.86. The minimum Gasteiger partial charge on any atom is -0.351 e. The molecule has 0 bridgehead atoms. The van der Waals surface area contributed by atoms with Crippen molar-refractivity contribution in [3.8, 4) is 0 Å². The quantitative estimate of drug-likeness (QED) is 0.826. The molecule has 0 unspecified atom stereocenters. The van der Waals surface area contributed by atoms with Crippen molar-refractivity contribution >= 4 is 23.8 Å². The highest BCUT2D eigenvalue weighted by Crippen LogP contribution is 2.07. The molecule has 0 aliphatic carbocycles. The molecular formula is C14H14N2OS. The van der Waals surface area contributed by atoms with Crippen LogP contribution in [0.15, 0.2) is 48.7 Å². The summed E-state index contributed by atoms with van der Waals surface area (Å²) in [6.45, 7) is 0. The summed E-state index contributed by atoms with van der Waals surface area (Å²) in [6, 6.07) is 13.5. The van der Waals surface area contributed by atoms with Crippen LogP contribution in [0.3, 0.4) is 0 Å². The van der Waals surface area contributed by atoms with Crippen molar-refractivity contribution in [2.75, 3.05) is 5.32 Å². The van der Waals surface area contributed by atoms with E-state index in [0.717, 1.165) is 12.1 Å². The molecule has 0 aliphatic rings. The molecular weight excluding hydrogens is 244 g/mol. The van der Waals surface area contributed by atoms with Crippen LogP contribution < -0.4 is 5.32 Å². The molecule has 1 heterocycles. The van der Waals surface area contributed by atoms with Gasteiger partial charge in [0.25, 0.3) is 0 Å². The predicted molar refractivity (Wildman–Crippen MR) is 75.0 cm³/mol. The second kappa shape index (κ2) is 6.12. The molecule has 0 fully saturated rings. The number of carbonyl (C=O) groups is 1. The fourth-order valence-corrected chi connectivity index (χ4v) is 1.74. The summed E-state index contributed by atoms with van der Waals surface area (Å²) in [6.07, 6.45) is 2.91. The summed E-state index contributed by atoms with van der Waals surface area (Å²) in [4.78, 5) is 14.6. The number of hydrogen-bond donors (Lipinski definition) is 2. The lowest BCUT2D eigenvalue weighted by molar-refractivity contribution is -0.116. The summed E-state index contributed by atoms with van der Waals surface area (Å²) < 4.78 is 0.650. The maximum absolute atomic E-state index is 11.7. The van der Waals surface area contributed by atoms with E-state index in [-0.39, 0.29) is 5.91 Å². The number of hydrogen-bond acceptors (Lipinski definition) is 2. The first kappa shape index (κ1) is 12.5. The van der Waals surface area contributed by atoms with Crippen molar-refractivity contribution in [2.24, 2.45) is 0 Å². The third kappa shape index (κ3) is 3.82. The van der Waals surface area contributed by atoms with Crippen LogP contribution in [0.25, 0.3) is 0 Å². The standard InChI is InChI=1S/C14H14N2OS/c17-13(8-6-11-4-2-1-3-5-11)16-12-7-9-14(18)15-10-12/h1-5,7,9-10H,6,8H2,(H,15,18)(H,16,17). The molecule has 2 N–H and O–H groups in total. The topological polar surface area (TPSA) is 44.9 Å². The van der Waals surface area contributed by atoms with E-state index in [9.17, 15) is 4.79 Å². The van der Waals surface area contributed by atoms with Crippen molar-refractivity contribution < 1.29 is 4.79 Å². The van der Waals surface area contributed by atoms with E-state index in [0.29, 0.717) is 11.1 Å². The minimum atomic E-state index is 0.00405. The van der Waals surface area contributed by atoms with Gasteiger partial charge in [0, 0.05) is 12.6 Å². The monoisotopic (exact) mass is 258 g/mol. The van der Waals surface area contributed by atoms with Crippen LogP contribution in [0.5, 0.6) is 0 Å². The number of aryl methyl sites for hydroxylation is 1. The number of rotatable bonds is 4. The molecule has 0 spiro atoms. The van der Waals surface area contributed by atoms with Crippen molar-refractivity contribution in [3.05, 3.63) is 58.9 Å². The van der Waals surface area contributed by atoms with Gasteiger partial charge in [0.05, 0.1) is 5.69 Å². The van der Waals surface area contributed by atoms with Gasteiger partial charge in [-0.05, 0) is 24.1 Å². The summed E-state index contributed by atoms with van der Waals surface area (Å²) in [5, 5.41) is 2.82. The molecule has 18 heavy (non-hydrogen) atoms. The molecule has 2 aromatic rings. The number of aromatic nitrogens is 1. The number of nitrogens with one attached hydrogen (secondary N) is 2. The van der Waals surface area contributed by atoms with E-state index < -0.39 is 0 Å². The Bertz CT molecular complexity index is 557. The predicted octanol–water partition coefficient (Wildman–Crippen LogP) is 3.32. The summed E-state index contributed by atoms with van der Waals surface area (Å²) in [5.41, 5.74) is 1.90. The maximum atomic E-state index is 11.7. The Morgan fingerprint density at radius 1 is 1.17 bits per heavy atom. The van der Waals surface area contributed by atoms with Gasteiger partial charge in [-0.25, -0.2) is 0 Å². The van der Waals surface area contributed by atoms with Gasteiger partial charge in [-0.1, -0.05) is 42.5 Å². The smallest absolute Gasteiger partial charge is 0.224 e. The molecule has 3 nitrogen and oxygen atoms in total. The highest BCUT2D eigenvalue weighted by Gasteiger charge is 2.02. The number of aromatic amines is 1. The van der Waals surface area contributed by atoms with E-state index >= 15 is 0 Å². The molecule has 0 saturated heterocycles. The van der Waals surface area contributed by atoms with Crippen molar-refractivity contribution in [3.63, 3.8) is 0 Å². The van der Waals surface area contributed by atoms with Gasteiger partial charge in [-0.2, -0.15) is 0 Å². The van der Waals surface area contributed by atoms with Crippen molar-refractivity contribution in [1.29, 1.82) is 0 Å². The summed E-state index contributed by atoms with van der Waals surface area (Å²) in [7, 11) is 0. The van der Waals surface area contributed by atoms with E-state index in [1.54, 1.807) is 18.3 Å². The van der Waals surface area contributed by atoms with Gasteiger partial charge in [0.2, 0.25) is 5.91 Å². The van der Waals surface area contributed by atoms with E-state index in [1.807, 2.05) is 30.3 Å². The van der Waals surface area contributed by atoms with Gasteiger partial charge >= 0.3 is 0 Å². The zero-order chi connectivity index (χ0) is 12.8. The molecule has 0 atom stereocenters. The lowest BCUT2D eigenvalue weighted by Gasteiger charge is -2.04. The zero-order valence-corrected chi connectivity index (χ0v) is 10.7. The Morgan fingerprint density at radius 3 is 2.61 bits per heavy atom. The Kier molecular flexibility index (Phi) is 4.25. The van der Waals surface area contributed by atoms with Gasteiger partial charge < -0.3 is 10.3 Å². The molecule has 0 radical (unpaired) electrons. The third-order valence-electron chi connectivity index (χ3n) is 2.55. The first-order chi connectivity index (χ1) is 8.74. The van der Waals surface area contributed by atoms with Crippen LogP contribution in [-0.4, -0.2) is 10.9 Å². The lowest BCUT2D eigenvalue weighted by Crippen LogP contribution is -2.12. The lowest BCUT2D eigenvalue weighted by atomic mass is 10.1. The van der Waals surface area contributed by atoms with Crippen molar-refractivity contribution in [2.45, 2.75) is 12.8 Å². The van der Waals surface area contributed by atoms with E-state index in [2.05, 4.69) is 10.3 Å². The number of H-pyrrole nitrogens is 1. The van der Waals surface area contributed by atoms with E-state index in [4.69, 9.17) is 12.2 Å². The molecule has 4 heteroatoms. The number of anilines is 1. The minimum absolute atomic E-state index is 0.00405. The third-order valence-corrected chi connectivity index (χ3v) is 2.81. The summed E-state index contributed by atoms with van der Waals surface area (Å²) in [5.74, 6) is 0.00405. The number of benzene rings is 1. The molecule has 2 rings (SSSR count). The van der Waals surface area contributed by atoms with Gasteiger partial charge in [0.15, 0.2) is 0 Å². The van der Waals surface area contributed by atoms with Crippen LogP contribution in [0, 0.1) is 4.64 Å². The number of amides is 1. The van der Waals surface area contributed by atoms with Gasteiger partial charge in [-0.3, -0.25) is 4.79 Å². The average molecular weight is 258 g/mol. The van der Waals surface area contributed by atoms with Crippen LogP contribution in [0.4, 0.5) is 5.69 Å². The van der Waals surface area contributed by atoms with E-state index in [1.165, 1.54) is 5.56 Å². The SMILES string of the molecule is O=C(CCc1ccccc1)Nc1ccc(=S)[nH]c1. The van der Waals surface area contributed by atoms with Crippen LogP contribution in [0.2, 0.25) is 0 Å². The highest BCUT2D eigenvalue weighted by atomic mass is 32.1. The molecule has 1 aromatic heterocycles. The van der Waals surface area contributed by atoms with Crippen LogP contribution in [0.1, 0.15) is 12.0 Å². The second-order valence-electron chi connectivity index (χ2n) is 3.98. The molecule has 0 saturated carbocycles. The molecule has 1 amide bonds. The van der Waals surface area contributed by atoms with Crippen LogP contribution in [-0.2, 0) is 11.2 Å². The summed E-state index contributed by atoms with van der Waals surface area (Å²) >= 11 is 4.93. The van der Waals surface area contributed by atoms with Gasteiger partial charge in [-0.15, -0.1) is 0 Å². The Hall–Kier alpha value is -1.94.